The van der Waals surface area contributed by atoms with Crippen molar-refractivity contribution in [2.24, 2.45) is 0 Å². The Kier molecular flexibility index (Phi) is 4.93. The van der Waals surface area contributed by atoms with E-state index < -0.39 is 0 Å². The van der Waals surface area contributed by atoms with Crippen LogP contribution in [-0.2, 0) is 0 Å². The van der Waals surface area contributed by atoms with Crippen LogP contribution in [0.4, 0.5) is 0 Å². The molecular formula is C5H10O. The van der Waals surface area contributed by atoms with Crippen molar-refractivity contribution < 1.29 is 5.11 Å². The third-order valence-corrected chi connectivity index (χ3v) is 0.612. The van der Waals surface area contributed by atoms with Crippen LogP contribution >= 0.6 is 0 Å². The van der Waals surface area contributed by atoms with Gasteiger partial charge in [0.15, 0.2) is 0 Å². The van der Waals surface area contributed by atoms with E-state index in [4.69, 9.17) is 12.0 Å². The molecular weight excluding hydrogens is 76.1 g/mol. The van der Waals surface area contributed by atoms with Crippen molar-refractivity contribution in [2.45, 2.75) is 19.3 Å². The maximum Gasteiger partial charge on any atom is 0.0431 e. The Labute approximate surface area is 39.0 Å². The van der Waals surface area contributed by atoms with Gasteiger partial charge in [-0.3, -0.25) is 0 Å². The lowest BCUT2D eigenvalue weighted by molar-refractivity contribution is 0.285. The summed E-state index contributed by atoms with van der Waals surface area (Å²) in [5, 5.41) is 8.14. The van der Waals surface area contributed by atoms with Gasteiger partial charge in [-0.25, -0.2) is 0 Å². The van der Waals surface area contributed by atoms with Crippen LogP contribution in [0.3, 0.4) is 0 Å². The van der Waals surface area contributed by atoms with E-state index in [0.29, 0.717) is 6.42 Å². The fraction of sp³-hybridized carbons (Fsp3) is 0.800. The van der Waals surface area contributed by atoms with Crippen LogP contribution in [0, 0.1) is 6.92 Å². The van der Waals surface area contributed by atoms with Crippen molar-refractivity contribution in [1.82, 2.24) is 0 Å². The molecule has 0 saturated heterocycles. The predicted octanol–water partition coefficient (Wildman–Crippen LogP) is 0.860. The molecule has 36 valence electrons. The lowest BCUT2D eigenvalue weighted by atomic mass is 10.3. The van der Waals surface area contributed by atoms with E-state index in [1.54, 1.807) is 0 Å². The van der Waals surface area contributed by atoms with Crippen LogP contribution in [0.5, 0.6) is 0 Å². The molecule has 1 heteroatoms. The lowest BCUT2D eigenvalue weighted by Crippen LogP contribution is -1.78. The van der Waals surface area contributed by atoms with Crippen molar-refractivity contribution in [3.63, 3.8) is 0 Å². The van der Waals surface area contributed by atoms with E-state index in [0.717, 1.165) is 12.8 Å². The minimum absolute atomic E-state index is 0.275. The number of unbranched alkanes of at least 4 members (excludes halogenated alkanes) is 2. The summed E-state index contributed by atoms with van der Waals surface area (Å²) in [5.74, 6) is 0. The van der Waals surface area contributed by atoms with Gasteiger partial charge < -0.3 is 5.11 Å². The molecule has 0 rings (SSSR count). The molecule has 0 aromatic heterocycles. The van der Waals surface area contributed by atoms with Crippen LogP contribution in [0.2, 0.25) is 0 Å². The summed E-state index contributed by atoms with van der Waals surface area (Å²) < 4.78 is 0. The third-order valence-electron chi connectivity index (χ3n) is 0.612. The second-order valence-electron chi connectivity index (χ2n) is 1.22. The Hall–Kier alpha value is -0.0400. The minimum Gasteiger partial charge on any atom is -0.396 e. The molecule has 0 bridgehead atoms. The summed E-state index contributed by atoms with van der Waals surface area (Å²) in [6.07, 6.45) is 2.48. The largest absolute Gasteiger partial charge is 0.396 e. The topological polar surface area (TPSA) is 20.2 Å². The van der Waals surface area contributed by atoms with Gasteiger partial charge >= 0.3 is 0 Å². The van der Waals surface area contributed by atoms with Gasteiger partial charge in [-0.15, -0.1) is 0 Å². The zero-order chi connectivity index (χ0) is 4.83. The average Bonchev–Trinajstić information content (AvgIpc) is 1.61. The standard InChI is InChI=1S/C5H10O/c1-2-3-4-5-6/h1,6H,2-5H2. The summed E-state index contributed by atoms with van der Waals surface area (Å²) in [6, 6.07) is 0. The van der Waals surface area contributed by atoms with Crippen molar-refractivity contribution in [2.75, 3.05) is 6.61 Å². The molecule has 1 nitrogen and oxygen atoms in total. The lowest BCUT2D eigenvalue weighted by Gasteiger charge is -1.85. The summed E-state index contributed by atoms with van der Waals surface area (Å²) in [6.45, 7) is 5.38. The van der Waals surface area contributed by atoms with E-state index in [2.05, 4.69) is 0 Å². The van der Waals surface area contributed by atoms with Gasteiger partial charge in [-0.2, -0.15) is 0 Å². The fourth-order valence-electron chi connectivity index (χ4n) is 0.256. The summed E-state index contributed by atoms with van der Waals surface area (Å²) in [7, 11) is 0. The maximum atomic E-state index is 8.14. The smallest absolute Gasteiger partial charge is 0.0431 e. The molecule has 0 fully saturated rings. The zero-order valence-corrected chi connectivity index (χ0v) is 3.85. The van der Waals surface area contributed by atoms with Crippen molar-refractivity contribution in [3.05, 3.63) is 6.92 Å². The highest BCUT2D eigenvalue weighted by molar-refractivity contribution is 4.38. The van der Waals surface area contributed by atoms with Gasteiger partial charge in [0.25, 0.3) is 0 Å². The summed E-state index contributed by atoms with van der Waals surface area (Å²) in [4.78, 5) is 0. The van der Waals surface area contributed by atoms with Gasteiger partial charge in [-0.1, -0.05) is 6.42 Å². The van der Waals surface area contributed by atoms with Crippen molar-refractivity contribution in [1.29, 1.82) is 0 Å². The Morgan fingerprint density at radius 2 is 2.00 bits per heavy atom. The molecule has 0 atom stereocenters. The first kappa shape index (κ1) is 5.96. The molecule has 6 heavy (non-hydrogen) atoms. The first-order valence-electron chi connectivity index (χ1n) is 2.22. The summed E-state index contributed by atoms with van der Waals surface area (Å²) >= 11 is 0. The molecule has 0 unspecified atom stereocenters. The van der Waals surface area contributed by atoms with E-state index in [1.807, 2.05) is 0 Å². The highest BCUT2D eigenvalue weighted by Crippen LogP contribution is 1.88. The molecule has 0 saturated carbocycles. The van der Waals surface area contributed by atoms with Crippen molar-refractivity contribution in [3.8, 4) is 0 Å². The first-order valence-corrected chi connectivity index (χ1v) is 2.22. The van der Waals surface area contributed by atoms with E-state index >= 15 is 0 Å². The van der Waals surface area contributed by atoms with Crippen LogP contribution in [-0.4, -0.2) is 11.7 Å². The molecule has 0 aliphatic rings. The zero-order valence-electron chi connectivity index (χ0n) is 3.85. The quantitative estimate of drug-likeness (QED) is 0.505. The predicted molar refractivity (Wildman–Crippen MR) is 25.2 cm³/mol. The highest BCUT2D eigenvalue weighted by atomic mass is 16.2. The first-order chi connectivity index (χ1) is 2.91. The van der Waals surface area contributed by atoms with E-state index in [9.17, 15) is 0 Å². The van der Waals surface area contributed by atoms with E-state index in [1.165, 1.54) is 0 Å². The number of rotatable bonds is 3. The van der Waals surface area contributed by atoms with Crippen LogP contribution in [0.15, 0.2) is 0 Å². The number of aliphatic hydroxyl groups is 1. The third kappa shape index (κ3) is 3.96. The van der Waals surface area contributed by atoms with Crippen LogP contribution in [0.25, 0.3) is 0 Å². The van der Waals surface area contributed by atoms with E-state index in [-0.39, 0.29) is 6.61 Å². The molecule has 1 N–H and O–H groups in total. The maximum absolute atomic E-state index is 8.14. The highest BCUT2D eigenvalue weighted by Gasteiger charge is 1.76. The monoisotopic (exact) mass is 86.1 g/mol. The number of aliphatic hydroxyl groups excluding tert-OH is 1. The molecule has 0 aliphatic carbocycles. The van der Waals surface area contributed by atoms with Gasteiger partial charge in [-0.05, 0) is 19.8 Å². The normalized spacial score (nSPS) is 9.00. The minimum atomic E-state index is 0.275. The number of hydrogen-bond acceptors (Lipinski definition) is 1. The SMILES string of the molecule is [CH]CCCCO. The van der Waals surface area contributed by atoms with Crippen molar-refractivity contribution >= 4 is 0 Å². The fourth-order valence-corrected chi connectivity index (χ4v) is 0.256. The Bertz CT molecular complexity index is 15.9. The molecule has 0 amide bonds. The second kappa shape index (κ2) is 4.96. The van der Waals surface area contributed by atoms with Gasteiger partial charge in [0.1, 0.15) is 0 Å². The molecule has 0 spiro atoms. The second-order valence-corrected chi connectivity index (χ2v) is 1.22. The van der Waals surface area contributed by atoms with Gasteiger partial charge in [0.05, 0.1) is 0 Å². The van der Waals surface area contributed by atoms with Crippen LogP contribution in [0.1, 0.15) is 19.3 Å². The van der Waals surface area contributed by atoms with Gasteiger partial charge in [0, 0.05) is 6.61 Å². The molecule has 0 aliphatic heterocycles. The molecule has 0 heterocycles. The molecule has 0 aromatic rings. The Balaban J connectivity index is 2.34. The Morgan fingerprint density at radius 1 is 1.33 bits per heavy atom. The molecule has 0 aromatic carbocycles. The summed E-state index contributed by atoms with van der Waals surface area (Å²) in [5.41, 5.74) is 0. The van der Waals surface area contributed by atoms with Gasteiger partial charge in [0.2, 0.25) is 0 Å². The average molecular weight is 86.1 g/mol. The Morgan fingerprint density at radius 3 is 2.17 bits per heavy atom. The number of hydrogen-bond donors (Lipinski definition) is 1. The van der Waals surface area contributed by atoms with Crippen LogP contribution < -0.4 is 0 Å². The molecule has 2 radical (unpaired) electrons.